The lowest BCUT2D eigenvalue weighted by atomic mass is 10.1. The van der Waals surface area contributed by atoms with Crippen molar-refractivity contribution in [3.8, 4) is 0 Å². The molecule has 3 nitrogen and oxygen atoms in total. The number of rotatable bonds is 5. The molecule has 20 heavy (non-hydrogen) atoms. The van der Waals surface area contributed by atoms with Crippen molar-refractivity contribution in [2.24, 2.45) is 0 Å². The average molecular weight is 354 g/mol. The standard InChI is InChI=1S/C13H15BrF3NO2/c1-2-9(5-6-19)18-12(20)10-4-3-8(14)7-11(10)13(15,16)17/h3-4,7,9,19H,2,5-6H2,1H3,(H,18,20). The fourth-order valence-corrected chi connectivity index (χ4v) is 2.11. The van der Waals surface area contributed by atoms with Crippen molar-refractivity contribution in [2.45, 2.75) is 32.0 Å². The molecule has 0 fully saturated rings. The Labute approximate surface area is 123 Å². The van der Waals surface area contributed by atoms with Gasteiger partial charge in [0.2, 0.25) is 0 Å². The Balaban J connectivity index is 3.04. The fraction of sp³-hybridized carbons (Fsp3) is 0.462. The molecule has 0 aliphatic carbocycles. The van der Waals surface area contributed by atoms with Gasteiger partial charge in [0.05, 0.1) is 11.1 Å². The Morgan fingerprint density at radius 2 is 2.10 bits per heavy atom. The molecule has 1 rings (SSSR count). The molecule has 0 aliphatic rings. The van der Waals surface area contributed by atoms with E-state index in [2.05, 4.69) is 21.2 Å². The Bertz CT molecular complexity index is 477. The van der Waals surface area contributed by atoms with E-state index in [0.717, 1.165) is 12.1 Å². The lowest BCUT2D eigenvalue weighted by Crippen LogP contribution is -2.36. The molecule has 0 aliphatic heterocycles. The number of halogens is 4. The van der Waals surface area contributed by atoms with Crippen LogP contribution >= 0.6 is 15.9 Å². The van der Waals surface area contributed by atoms with E-state index in [1.54, 1.807) is 6.92 Å². The van der Waals surface area contributed by atoms with Gasteiger partial charge in [-0.2, -0.15) is 13.2 Å². The van der Waals surface area contributed by atoms with Gasteiger partial charge in [-0.05, 0) is 31.0 Å². The third-order valence-electron chi connectivity index (χ3n) is 2.84. The lowest BCUT2D eigenvalue weighted by Gasteiger charge is -2.18. The minimum Gasteiger partial charge on any atom is -0.396 e. The van der Waals surface area contributed by atoms with Crippen LogP contribution in [0.1, 0.15) is 35.7 Å². The van der Waals surface area contributed by atoms with Crippen LogP contribution in [0.4, 0.5) is 13.2 Å². The van der Waals surface area contributed by atoms with Crippen molar-refractivity contribution in [1.82, 2.24) is 5.32 Å². The van der Waals surface area contributed by atoms with Gasteiger partial charge in [0.1, 0.15) is 0 Å². The van der Waals surface area contributed by atoms with Crippen molar-refractivity contribution in [3.05, 3.63) is 33.8 Å². The third-order valence-corrected chi connectivity index (χ3v) is 3.33. The van der Waals surface area contributed by atoms with E-state index in [1.165, 1.54) is 6.07 Å². The van der Waals surface area contributed by atoms with Crippen molar-refractivity contribution in [3.63, 3.8) is 0 Å². The minimum atomic E-state index is -4.60. The predicted octanol–water partition coefficient (Wildman–Crippen LogP) is 3.36. The molecule has 0 saturated carbocycles. The topological polar surface area (TPSA) is 49.3 Å². The molecule has 0 heterocycles. The summed E-state index contributed by atoms with van der Waals surface area (Å²) in [5.74, 6) is -0.787. The quantitative estimate of drug-likeness (QED) is 0.852. The normalized spacial score (nSPS) is 13.1. The Morgan fingerprint density at radius 3 is 2.60 bits per heavy atom. The van der Waals surface area contributed by atoms with E-state index in [4.69, 9.17) is 5.11 Å². The molecule has 1 unspecified atom stereocenters. The first-order chi connectivity index (χ1) is 9.29. The van der Waals surface area contributed by atoms with Gasteiger partial charge in [-0.25, -0.2) is 0 Å². The van der Waals surface area contributed by atoms with Crippen LogP contribution in [0.25, 0.3) is 0 Å². The lowest BCUT2D eigenvalue weighted by molar-refractivity contribution is -0.138. The second kappa shape index (κ2) is 7.08. The Hall–Kier alpha value is -1.08. The largest absolute Gasteiger partial charge is 0.417 e. The second-order valence-corrected chi connectivity index (χ2v) is 5.19. The van der Waals surface area contributed by atoms with Crippen molar-refractivity contribution >= 4 is 21.8 Å². The van der Waals surface area contributed by atoms with Crippen molar-refractivity contribution in [2.75, 3.05) is 6.61 Å². The molecule has 7 heteroatoms. The average Bonchev–Trinajstić information content (AvgIpc) is 2.36. The van der Waals surface area contributed by atoms with E-state index < -0.39 is 23.2 Å². The van der Waals surface area contributed by atoms with Gasteiger partial charge in [-0.1, -0.05) is 22.9 Å². The van der Waals surface area contributed by atoms with Crippen LogP contribution in [0.15, 0.2) is 22.7 Å². The molecule has 2 N–H and O–H groups in total. The minimum absolute atomic E-state index is 0.134. The van der Waals surface area contributed by atoms with Gasteiger partial charge in [0.25, 0.3) is 5.91 Å². The molecule has 0 saturated heterocycles. The monoisotopic (exact) mass is 353 g/mol. The SMILES string of the molecule is CCC(CCO)NC(=O)c1ccc(Br)cc1C(F)(F)F. The van der Waals surface area contributed by atoms with E-state index in [9.17, 15) is 18.0 Å². The molecule has 1 amide bonds. The predicted molar refractivity (Wildman–Crippen MR) is 72.4 cm³/mol. The fourth-order valence-electron chi connectivity index (χ4n) is 1.75. The Kier molecular flexibility index (Phi) is 6.01. The molecule has 1 aromatic rings. The number of hydrogen-bond donors (Lipinski definition) is 2. The number of alkyl halides is 3. The van der Waals surface area contributed by atoms with Gasteiger partial charge in [0.15, 0.2) is 0 Å². The maximum Gasteiger partial charge on any atom is 0.417 e. The van der Waals surface area contributed by atoms with E-state index >= 15 is 0 Å². The van der Waals surface area contributed by atoms with Gasteiger partial charge in [-0.15, -0.1) is 0 Å². The summed E-state index contributed by atoms with van der Waals surface area (Å²) in [6, 6.07) is 3.05. The highest BCUT2D eigenvalue weighted by Gasteiger charge is 2.35. The van der Waals surface area contributed by atoms with Gasteiger partial charge < -0.3 is 10.4 Å². The Morgan fingerprint density at radius 1 is 1.45 bits per heavy atom. The van der Waals surface area contributed by atoms with Gasteiger partial charge in [-0.3, -0.25) is 4.79 Å². The molecule has 1 aromatic carbocycles. The molecular weight excluding hydrogens is 339 g/mol. The molecule has 1 atom stereocenters. The van der Waals surface area contributed by atoms with E-state index in [-0.39, 0.29) is 17.1 Å². The maximum atomic E-state index is 12.9. The van der Waals surface area contributed by atoms with Crippen LogP contribution in [0.5, 0.6) is 0 Å². The van der Waals surface area contributed by atoms with Crippen LogP contribution in [0.2, 0.25) is 0 Å². The number of amides is 1. The number of aliphatic hydroxyl groups is 1. The van der Waals surface area contributed by atoms with Crippen LogP contribution < -0.4 is 5.32 Å². The van der Waals surface area contributed by atoms with Crippen molar-refractivity contribution in [1.29, 1.82) is 0 Å². The number of benzene rings is 1. The highest BCUT2D eigenvalue weighted by atomic mass is 79.9. The number of aliphatic hydroxyl groups excluding tert-OH is 1. The number of nitrogens with one attached hydrogen (secondary N) is 1. The first-order valence-corrected chi connectivity index (χ1v) is 6.87. The number of hydrogen-bond acceptors (Lipinski definition) is 2. The van der Waals surface area contributed by atoms with E-state index in [1.807, 2.05) is 0 Å². The summed E-state index contributed by atoms with van der Waals surface area (Å²) in [6.07, 6.45) is -3.76. The summed E-state index contributed by atoms with van der Waals surface area (Å²) >= 11 is 2.96. The summed E-state index contributed by atoms with van der Waals surface area (Å²) in [5.41, 5.74) is -1.40. The smallest absolute Gasteiger partial charge is 0.396 e. The summed E-state index contributed by atoms with van der Waals surface area (Å²) < 4.78 is 39.0. The first kappa shape index (κ1) is 17.0. The summed E-state index contributed by atoms with van der Waals surface area (Å²) in [6.45, 7) is 1.65. The number of carbonyl (C=O) groups is 1. The van der Waals surface area contributed by atoms with Crippen LogP contribution in [0.3, 0.4) is 0 Å². The van der Waals surface area contributed by atoms with Gasteiger partial charge in [0, 0.05) is 17.1 Å². The second-order valence-electron chi connectivity index (χ2n) is 4.28. The molecule has 112 valence electrons. The van der Waals surface area contributed by atoms with Crippen LogP contribution in [-0.2, 0) is 6.18 Å². The molecule has 0 spiro atoms. The zero-order chi connectivity index (χ0) is 15.3. The highest BCUT2D eigenvalue weighted by molar-refractivity contribution is 9.10. The zero-order valence-electron chi connectivity index (χ0n) is 10.8. The molecular formula is C13H15BrF3NO2. The molecule has 0 aromatic heterocycles. The molecule has 0 bridgehead atoms. The van der Waals surface area contributed by atoms with Gasteiger partial charge >= 0.3 is 6.18 Å². The first-order valence-electron chi connectivity index (χ1n) is 6.08. The van der Waals surface area contributed by atoms with Crippen LogP contribution in [-0.4, -0.2) is 23.7 Å². The highest BCUT2D eigenvalue weighted by Crippen LogP contribution is 2.33. The maximum absolute atomic E-state index is 12.9. The third kappa shape index (κ3) is 4.49. The summed E-state index contributed by atoms with van der Waals surface area (Å²) in [4.78, 5) is 12.0. The van der Waals surface area contributed by atoms with Crippen molar-refractivity contribution < 1.29 is 23.1 Å². The number of carbonyl (C=O) groups excluding carboxylic acids is 1. The molecule has 0 radical (unpaired) electrons. The summed E-state index contributed by atoms with van der Waals surface area (Å²) in [7, 11) is 0. The van der Waals surface area contributed by atoms with E-state index in [0.29, 0.717) is 12.8 Å². The van der Waals surface area contributed by atoms with Crippen LogP contribution in [0, 0.1) is 0 Å². The summed E-state index contributed by atoms with van der Waals surface area (Å²) in [5, 5.41) is 11.3. The zero-order valence-corrected chi connectivity index (χ0v) is 12.4.